The number of hydrogen-bond acceptors (Lipinski definition) is 3. The molecule has 0 bridgehead atoms. The molecule has 2 aromatic rings. The van der Waals surface area contributed by atoms with E-state index in [1.54, 1.807) is 0 Å². The van der Waals surface area contributed by atoms with Gasteiger partial charge in [0, 0.05) is 12.6 Å². The number of carbonyl (C=O) groups excluding carboxylic acids is 3. The number of benzene rings is 2. The van der Waals surface area contributed by atoms with Crippen LogP contribution in [0.1, 0.15) is 23.6 Å². The molecule has 152 valence electrons. The fraction of sp³-hybridized carbons (Fsp3) is 0.286. The van der Waals surface area contributed by atoms with Gasteiger partial charge >= 0.3 is 0 Å². The molecule has 0 aliphatic carbocycles. The molecule has 0 aromatic heterocycles. The van der Waals surface area contributed by atoms with Crippen molar-refractivity contribution in [1.29, 1.82) is 0 Å². The van der Waals surface area contributed by atoms with Gasteiger partial charge in [-0.2, -0.15) is 0 Å². The van der Waals surface area contributed by atoms with Crippen molar-refractivity contribution in [1.82, 2.24) is 15.8 Å². The van der Waals surface area contributed by atoms with Gasteiger partial charge in [-0.25, -0.2) is 8.78 Å². The fourth-order valence-corrected chi connectivity index (χ4v) is 3.19. The Morgan fingerprint density at radius 3 is 2.45 bits per heavy atom. The van der Waals surface area contributed by atoms with Crippen molar-refractivity contribution in [3.63, 3.8) is 0 Å². The molecule has 29 heavy (non-hydrogen) atoms. The van der Waals surface area contributed by atoms with Crippen molar-refractivity contribution >= 4 is 17.7 Å². The number of amides is 3. The lowest BCUT2D eigenvalue weighted by Crippen LogP contribution is -2.53. The first-order chi connectivity index (χ1) is 13.8. The minimum Gasteiger partial charge on any atom is -0.344 e. The Morgan fingerprint density at radius 1 is 1.10 bits per heavy atom. The zero-order valence-electron chi connectivity index (χ0n) is 15.9. The molecule has 0 saturated carbocycles. The Bertz CT molecular complexity index is 928. The topological polar surface area (TPSA) is 78.5 Å². The van der Waals surface area contributed by atoms with Crippen LogP contribution in [0.15, 0.2) is 42.5 Å². The summed E-state index contributed by atoms with van der Waals surface area (Å²) in [5.41, 5.74) is 4.69. The number of halogens is 2. The second-order valence-corrected chi connectivity index (χ2v) is 6.96. The highest BCUT2D eigenvalue weighted by Gasteiger charge is 2.24. The lowest BCUT2D eigenvalue weighted by atomic mass is 10.0. The smallest absolute Gasteiger partial charge is 0.260 e. The van der Waals surface area contributed by atoms with Crippen molar-refractivity contribution in [2.24, 2.45) is 0 Å². The van der Waals surface area contributed by atoms with Crippen molar-refractivity contribution in [2.45, 2.75) is 32.2 Å². The zero-order chi connectivity index (χ0) is 21.0. The van der Waals surface area contributed by atoms with E-state index < -0.39 is 29.5 Å². The summed E-state index contributed by atoms with van der Waals surface area (Å²) in [6, 6.07) is 9.50. The number of nitrogens with one attached hydrogen (secondary N) is 2. The molecule has 2 N–H and O–H groups in total. The number of carbonyl (C=O) groups is 3. The summed E-state index contributed by atoms with van der Waals surface area (Å²) >= 11 is 0. The Balaban J connectivity index is 1.55. The van der Waals surface area contributed by atoms with E-state index in [0.717, 1.165) is 23.3 Å². The van der Waals surface area contributed by atoms with E-state index in [-0.39, 0.29) is 24.3 Å². The molecule has 8 heteroatoms. The maximum absolute atomic E-state index is 13.2. The normalized spacial score (nSPS) is 14.6. The van der Waals surface area contributed by atoms with Crippen LogP contribution in [0.25, 0.3) is 0 Å². The van der Waals surface area contributed by atoms with Gasteiger partial charge in [-0.05, 0) is 42.2 Å². The summed E-state index contributed by atoms with van der Waals surface area (Å²) in [6.07, 6.45) is 0.515. The van der Waals surface area contributed by atoms with Crippen LogP contribution in [0.4, 0.5) is 8.78 Å². The van der Waals surface area contributed by atoms with Gasteiger partial charge in [-0.3, -0.25) is 24.8 Å². The molecule has 0 fully saturated rings. The van der Waals surface area contributed by atoms with Gasteiger partial charge < -0.3 is 5.32 Å². The predicted molar refractivity (Wildman–Crippen MR) is 101 cm³/mol. The Hall–Kier alpha value is -3.29. The van der Waals surface area contributed by atoms with E-state index in [0.29, 0.717) is 19.0 Å². The summed E-state index contributed by atoms with van der Waals surface area (Å²) in [6.45, 7) is 1.79. The number of rotatable bonds is 5. The molecule has 0 saturated heterocycles. The highest BCUT2D eigenvalue weighted by Crippen LogP contribution is 2.15. The molecule has 1 aliphatic rings. The first kappa shape index (κ1) is 20.4. The Labute approximate surface area is 166 Å². The van der Waals surface area contributed by atoms with Crippen LogP contribution in [0.5, 0.6) is 0 Å². The third-order valence-electron chi connectivity index (χ3n) is 4.67. The minimum absolute atomic E-state index is 0.160. The minimum atomic E-state index is -0.931. The quantitative estimate of drug-likeness (QED) is 0.800. The van der Waals surface area contributed by atoms with Crippen LogP contribution in [0, 0.1) is 11.6 Å². The average molecular weight is 401 g/mol. The number of fused-ring (bicyclic) bond motifs is 1. The number of hydrazine groups is 1. The van der Waals surface area contributed by atoms with Crippen molar-refractivity contribution in [2.75, 3.05) is 6.54 Å². The third kappa shape index (κ3) is 5.37. The van der Waals surface area contributed by atoms with E-state index in [2.05, 4.69) is 10.7 Å². The first-order valence-electron chi connectivity index (χ1n) is 9.24. The van der Waals surface area contributed by atoms with Gasteiger partial charge in [0.05, 0.1) is 12.8 Å². The Kier molecular flexibility index (Phi) is 6.21. The molecule has 0 radical (unpaired) electrons. The second-order valence-electron chi connectivity index (χ2n) is 6.96. The standard InChI is InChI=1S/C21H21F2N3O3/c1-13(24-19(27)10-14-8-17(22)12-18(23)9-14)21(29)25-26-7-6-15-4-2-3-5-16(15)11-20(26)28/h2-5,8-9,12-13H,6-7,10-11H2,1H3,(H,24,27)(H,25,29)/t13-/m0/s1. The van der Waals surface area contributed by atoms with Gasteiger partial charge in [0.2, 0.25) is 11.8 Å². The van der Waals surface area contributed by atoms with E-state index in [9.17, 15) is 23.2 Å². The molecule has 0 spiro atoms. The predicted octanol–water partition coefficient (Wildman–Crippen LogP) is 1.67. The summed E-state index contributed by atoms with van der Waals surface area (Å²) in [4.78, 5) is 36.9. The Morgan fingerprint density at radius 2 is 1.76 bits per heavy atom. The summed E-state index contributed by atoms with van der Waals surface area (Å²) < 4.78 is 26.4. The van der Waals surface area contributed by atoms with E-state index in [4.69, 9.17) is 0 Å². The molecule has 1 atom stereocenters. The average Bonchev–Trinajstić information content (AvgIpc) is 2.79. The molecular weight excluding hydrogens is 380 g/mol. The molecule has 2 aromatic carbocycles. The lowest BCUT2D eigenvalue weighted by molar-refractivity contribution is -0.142. The lowest BCUT2D eigenvalue weighted by Gasteiger charge is -2.23. The maximum Gasteiger partial charge on any atom is 0.260 e. The summed E-state index contributed by atoms with van der Waals surface area (Å²) in [7, 11) is 0. The van der Waals surface area contributed by atoms with Gasteiger partial charge in [0.1, 0.15) is 17.7 Å². The second kappa shape index (κ2) is 8.81. The molecule has 6 nitrogen and oxygen atoms in total. The highest BCUT2D eigenvalue weighted by molar-refractivity contribution is 5.90. The van der Waals surface area contributed by atoms with Crippen molar-refractivity contribution in [3.8, 4) is 0 Å². The summed E-state index contributed by atoms with van der Waals surface area (Å²) in [5.74, 6) is -2.91. The molecule has 3 rings (SSSR count). The van der Waals surface area contributed by atoms with Gasteiger partial charge in [-0.15, -0.1) is 0 Å². The molecule has 3 amide bonds. The summed E-state index contributed by atoms with van der Waals surface area (Å²) in [5, 5.41) is 3.73. The van der Waals surface area contributed by atoms with E-state index >= 15 is 0 Å². The first-order valence-corrected chi connectivity index (χ1v) is 9.24. The molecule has 1 heterocycles. The van der Waals surface area contributed by atoms with Crippen LogP contribution < -0.4 is 10.7 Å². The van der Waals surface area contributed by atoms with Crippen LogP contribution in [0.2, 0.25) is 0 Å². The van der Waals surface area contributed by atoms with Gasteiger partial charge in [0.15, 0.2) is 0 Å². The van der Waals surface area contributed by atoms with Crippen LogP contribution >= 0.6 is 0 Å². The zero-order valence-corrected chi connectivity index (χ0v) is 15.9. The monoisotopic (exact) mass is 401 g/mol. The maximum atomic E-state index is 13.2. The van der Waals surface area contributed by atoms with Gasteiger partial charge in [0.25, 0.3) is 5.91 Å². The number of hydrogen-bond donors (Lipinski definition) is 2. The molecular formula is C21H21F2N3O3. The SMILES string of the molecule is C[C@H](NC(=O)Cc1cc(F)cc(F)c1)C(=O)NN1CCc2ccccc2CC1=O. The molecule has 1 aliphatic heterocycles. The van der Waals surface area contributed by atoms with Crippen molar-refractivity contribution in [3.05, 3.63) is 70.8 Å². The van der Waals surface area contributed by atoms with Crippen LogP contribution in [-0.4, -0.2) is 35.3 Å². The van der Waals surface area contributed by atoms with Gasteiger partial charge in [-0.1, -0.05) is 24.3 Å². The molecule has 0 unspecified atom stereocenters. The largest absolute Gasteiger partial charge is 0.344 e. The highest BCUT2D eigenvalue weighted by atomic mass is 19.1. The third-order valence-corrected chi connectivity index (χ3v) is 4.67. The fourth-order valence-electron chi connectivity index (χ4n) is 3.19. The van der Waals surface area contributed by atoms with E-state index in [1.807, 2.05) is 24.3 Å². The van der Waals surface area contributed by atoms with Crippen LogP contribution in [-0.2, 0) is 33.6 Å². The number of nitrogens with zero attached hydrogens (tertiary/aromatic N) is 1. The van der Waals surface area contributed by atoms with Crippen LogP contribution in [0.3, 0.4) is 0 Å². The van der Waals surface area contributed by atoms with Crippen molar-refractivity contribution < 1.29 is 23.2 Å². The van der Waals surface area contributed by atoms with E-state index in [1.165, 1.54) is 11.9 Å².